The van der Waals surface area contributed by atoms with Gasteiger partial charge in [0.1, 0.15) is 6.04 Å². The predicted molar refractivity (Wildman–Crippen MR) is 227 cm³/mol. The quantitative estimate of drug-likeness (QED) is 0.0476. The maximum atomic E-state index is 13.1. The number of nitrogens with one attached hydrogen (secondary N) is 2. The molecule has 0 saturated heterocycles. The summed E-state index contributed by atoms with van der Waals surface area (Å²) >= 11 is 0. The third-order valence-electron chi connectivity index (χ3n) is 9.23. The number of hydrogen-bond donors (Lipinski definition) is 3. The van der Waals surface area contributed by atoms with Crippen molar-refractivity contribution in [1.82, 2.24) is 40.4 Å². The van der Waals surface area contributed by atoms with Crippen LogP contribution in [0.15, 0.2) is 107 Å². The van der Waals surface area contributed by atoms with E-state index >= 15 is 0 Å². The number of nitrogens with zero attached hydrogens (tertiary/aromatic N) is 10. The summed E-state index contributed by atoms with van der Waals surface area (Å²) in [7, 11) is 2.42. The minimum absolute atomic E-state index is 0.0498. The number of amides is 2. The fraction of sp³-hybridized carbons (Fsp3) is 0.250. The smallest absolute Gasteiger partial charge is 0.326 e. The average Bonchev–Trinajstić information content (AvgIpc) is 3.92. The zero-order chi connectivity index (χ0) is 42.6. The van der Waals surface area contributed by atoms with Crippen LogP contribution in [-0.4, -0.2) is 95.1 Å². The van der Waals surface area contributed by atoms with Crippen molar-refractivity contribution in [3.63, 3.8) is 0 Å². The molecule has 6 rings (SSSR count). The van der Waals surface area contributed by atoms with Crippen LogP contribution in [0.25, 0.3) is 11.4 Å². The molecule has 3 N–H and O–H groups in total. The van der Waals surface area contributed by atoms with Gasteiger partial charge in [0.05, 0.1) is 11.4 Å². The Morgan fingerprint density at radius 2 is 1.17 bits per heavy atom. The van der Waals surface area contributed by atoms with Crippen molar-refractivity contribution in [3.8, 4) is 11.4 Å². The third kappa shape index (κ3) is 11.2. The van der Waals surface area contributed by atoms with Crippen LogP contribution >= 0.6 is 21.6 Å². The number of carbonyl (C=O) groups is 4. The number of rotatable bonds is 20. The Morgan fingerprint density at radius 1 is 0.717 bits per heavy atom. The lowest BCUT2D eigenvalue weighted by atomic mass is 10.1. The molecule has 0 saturated carbocycles. The highest BCUT2D eigenvalue weighted by atomic mass is 33.1. The number of ether oxygens (including phenoxy) is 1. The lowest BCUT2D eigenvalue weighted by Crippen LogP contribution is -2.40. The van der Waals surface area contributed by atoms with Gasteiger partial charge in [0.15, 0.2) is 6.23 Å². The molecule has 2 aromatic heterocycles. The molecule has 0 fully saturated rings. The van der Waals surface area contributed by atoms with Gasteiger partial charge >= 0.3 is 5.97 Å². The van der Waals surface area contributed by atoms with E-state index in [1.165, 1.54) is 31.0 Å². The maximum absolute atomic E-state index is 13.1. The van der Waals surface area contributed by atoms with Crippen LogP contribution in [0.2, 0.25) is 0 Å². The molecule has 0 aliphatic carbocycles. The number of benzene rings is 4. The molecule has 0 aliphatic rings. The first-order valence-corrected chi connectivity index (χ1v) is 20.8. The van der Waals surface area contributed by atoms with Crippen LogP contribution in [0.1, 0.15) is 37.8 Å². The molecule has 2 heterocycles. The molecule has 20 heteroatoms. The van der Waals surface area contributed by atoms with Crippen molar-refractivity contribution >= 4 is 68.6 Å². The van der Waals surface area contributed by atoms with E-state index in [0.29, 0.717) is 51.8 Å². The summed E-state index contributed by atoms with van der Waals surface area (Å²) in [6.07, 6.45) is -0.402. The number of hydrogen-bond acceptors (Lipinski definition) is 15. The fourth-order valence-electron chi connectivity index (χ4n) is 6.01. The largest absolute Gasteiger partial charge is 0.480 e. The first kappa shape index (κ1) is 42.8. The highest BCUT2D eigenvalue weighted by Crippen LogP contribution is 2.36. The number of aryl methyl sites for hydroxylation is 2. The number of tetrazole rings is 2. The molecule has 0 aliphatic heterocycles. The van der Waals surface area contributed by atoms with E-state index in [0.717, 1.165) is 16.8 Å². The van der Waals surface area contributed by atoms with E-state index in [1.54, 1.807) is 67.3 Å². The lowest BCUT2D eigenvalue weighted by Gasteiger charge is -2.29. The second-order valence-corrected chi connectivity index (χ2v) is 15.6. The zero-order valence-electron chi connectivity index (χ0n) is 33.1. The molecule has 18 nitrogen and oxygen atoms in total. The first-order chi connectivity index (χ1) is 29.0. The number of aromatic nitrogens is 8. The number of carboxylic acids is 1. The molecule has 2 amide bonds. The van der Waals surface area contributed by atoms with E-state index in [2.05, 4.69) is 41.7 Å². The van der Waals surface area contributed by atoms with Crippen LogP contribution in [0.5, 0.6) is 0 Å². The van der Waals surface area contributed by atoms with Gasteiger partial charge in [-0.3, -0.25) is 14.4 Å². The summed E-state index contributed by atoms with van der Waals surface area (Å²) in [6, 6.07) is 28.5. The van der Waals surface area contributed by atoms with Gasteiger partial charge in [0.25, 0.3) is 6.47 Å². The van der Waals surface area contributed by atoms with Crippen molar-refractivity contribution < 1.29 is 29.0 Å². The summed E-state index contributed by atoms with van der Waals surface area (Å²) in [6.45, 7) is 8.15. The van der Waals surface area contributed by atoms with Crippen LogP contribution < -0.4 is 20.4 Å². The Labute approximate surface area is 353 Å². The normalized spacial score (nSPS) is 11.9. The predicted octanol–water partition coefficient (Wildman–Crippen LogP) is 5.72. The second kappa shape index (κ2) is 20.3. The molecule has 2 unspecified atom stereocenters. The summed E-state index contributed by atoms with van der Waals surface area (Å²) in [5, 5.41) is 40.7. The van der Waals surface area contributed by atoms with Crippen LogP contribution in [-0.2, 0) is 23.9 Å². The van der Waals surface area contributed by atoms with Crippen molar-refractivity contribution in [2.24, 2.45) is 0 Å². The Morgan fingerprint density at radius 3 is 1.62 bits per heavy atom. The minimum atomic E-state index is -0.989. The number of aliphatic carboxylic acids is 1. The third-order valence-corrected chi connectivity index (χ3v) is 11.3. The Hall–Kier alpha value is -6.80. The zero-order valence-corrected chi connectivity index (χ0v) is 34.7. The first-order valence-electron chi connectivity index (χ1n) is 18.7. The molecule has 60 heavy (non-hydrogen) atoms. The molecule has 6 aromatic rings. The molecule has 0 spiro atoms. The minimum Gasteiger partial charge on any atom is -0.480 e. The van der Waals surface area contributed by atoms with Crippen LogP contribution in [0.3, 0.4) is 0 Å². The van der Waals surface area contributed by atoms with Gasteiger partial charge < -0.3 is 30.3 Å². The average molecular weight is 851 g/mol. The topological polar surface area (TPSA) is 215 Å². The maximum Gasteiger partial charge on any atom is 0.326 e. The van der Waals surface area contributed by atoms with Gasteiger partial charge in [-0.2, -0.15) is 9.36 Å². The van der Waals surface area contributed by atoms with Gasteiger partial charge in [-0.25, -0.2) is 4.79 Å². The Balaban J connectivity index is 1.06. The van der Waals surface area contributed by atoms with Gasteiger partial charge in [0, 0.05) is 48.7 Å². The number of carboxylic acid groups (broad SMARTS) is 1. The van der Waals surface area contributed by atoms with Crippen molar-refractivity contribution in [2.45, 2.75) is 63.1 Å². The summed E-state index contributed by atoms with van der Waals surface area (Å²) < 4.78 is 8.21. The van der Waals surface area contributed by atoms with Crippen molar-refractivity contribution in [3.05, 3.63) is 108 Å². The van der Waals surface area contributed by atoms with E-state index in [4.69, 9.17) is 4.74 Å². The summed E-state index contributed by atoms with van der Waals surface area (Å²) in [5.74, 6) is -1.52. The molecule has 310 valence electrons. The van der Waals surface area contributed by atoms with Crippen LogP contribution in [0.4, 0.5) is 22.7 Å². The Bertz CT molecular complexity index is 2410. The lowest BCUT2D eigenvalue weighted by molar-refractivity contribution is -0.138. The molecule has 0 radical (unpaired) electrons. The van der Waals surface area contributed by atoms with Gasteiger partial charge in [0.2, 0.25) is 22.1 Å². The molecular weight excluding hydrogens is 809 g/mol. The highest BCUT2D eigenvalue weighted by molar-refractivity contribution is 8.76. The van der Waals surface area contributed by atoms with Gasteiger partial charge in [-0.05, 0) is 131 Å². The van der Waals surface area contributed by atoms with Crippen molar-refractivity contribution in [2.75, 3.05) is 33.5 Å². The van der Waals surface area contributed by atoms with Gasteiger partial charge in [-0.15, -0.1) is 10.2 Å². The number of carbonyl (C=O) groups excluding carboxylic acids is 3. The second-order valence-electron chi connectivity index (χ2n) is 13.5. The van der Waals surface area contributed by atoms with E-state index in [1.807, 2.05) is 67.3 Å². The number of anilines is 4. The van der Waals surface area contributed by atoms with E-state index < -0.39 is 18.2 Å². The molecule has 0 bridgehead atoms. The summed E-state index contributed by atoms with van der Waals surface area (Å²) in [4.78, 5) is 52.6. The molecular formula is C40H42N12O6S2. The molecule has 2 atom stereocenters. The highest BCUT2D eigenvalue weighted by Gasteiger charge is 2.23. The standard InChI is InChI=1S/C40H42N12O6S2/c1-26-11-15-32(16-12-26)49(28(3)38(56)57)21-19-36(54)41-30-7-5-9-34(23-30)51-39(43-45-47-51)59-60-40-44-46-48-52(40)35-10-6-8-31(24-35)42-37(55)20-22-50(29(4)58-25-53)33-17-13-27(2)14-18-33/h5-18,23-25,28-29H,19-22H2,1-4H3,(H,41,54)(H,42,55)(H,56,57). The van der Waals surface area contributed by atoms with Crippen LogP contribution in [0, 0.1) is 13.8 Å². The van der Waals surface area contributed by atoms with E-state index in [-0.39, 0.29) is 31.2 Å². The van der Waals surface area contributed by atoms with Gasteiger partial charge in [-0.1, -0.05) is 47.5 Å². The fourth-order valence-corrected chi connectivity index (χ4v) is 7.79. The monoisotopic (exact) mass is 850 g/mol. The van der Waals surface area contributed by atoms with E-state index in [9.17, 15) is 24.3 Å². The van der Waals surface area contributed by atoms with Crippen molar-refractivity contribution in [1.29, 1.82) is 0 Å². The molecule has 4 aromatic carbocycles. The summed E-state index contributed by atoms with van der Waals surface area (Å²) in [5.41, 5.74) is 5.88. The Kier molecular flexibility index (Phi) is 14.4. The SMILES string of the molecule is Cc1ccc(N(CCC(=O)Nc2cccc(-n3nnnc3SSc3nnnn3-c3cccc(NC(=O)CCN(c4ccc(C)cc4)C(C)C(=O)O)c3)c2)C(C)OC=O)cc1.